The summed E-state index contributed by atoms with van der Waals surface area (Å²) in [6.07, 6.45) is 4.54. The summed E-state index contributed by atoms with van der Waals surface area (Å²) in [6.45, 7) is 3.82. The highest BCUT2D eigenvalue weighted by atomic mass is 35.5. The maximum absolute atomic E-state index is 11.2. The summed E-state index contributed by atoms with van der Waals surface area (Å²) in [7, 11) is 0. The number of anilines is 1. The smallest absolute Gasteiger partial charge is 0.434 e. The molecule has 1 aliphatic carbocycles. The van der Waals surface area contributed by atoms with Gasteiger partial charge < -0.3 is 19.8 Å². The van der Waals surface area contributed by atoms with Crippen molar-refractivity contribution in [2.45, 2.75) is 44.7 Å². The summed E-state index contributed by atoms with van der Waals surface area (Å²) < 4.78 is 10.9. The number of aromatic nitrogens is 2. The molecule has 1 atom stereocenters. The Balaban J connectivity index is 0.00000196. The van der Waals surface area contributed by atoms with E-state index in [2.05, 4.69) is 22.0 Å². The lowest BCUT2D eigenvalue weighted by molar-refractivity contribution is 0.254. The lowest BCUT2D eigenvalue weighted by atomic mass is 9.81. The summed E-state index contributed by atoms with van der Waals surface area (Å²) in [5.74, 6) is 1.26. The molecule has 2 aliphatic rings. The van der Waals surface area contributed by atoms with Crippen molar-refractivity contribution >= 4 is 18.1 Å². The largest absolute Gasteiger partial charge is 0.490 e. The molecule has 1 aromatic heterocycles. The van der Waals surface area contributed by atoms with E-state index in [1.54, 1.807) is 0 Å². The number of H-pyrrole nitrogens is 1. The first-order chi connectivity index (χ1) is 12.1. The molecule has 7 nitrogen and oxygen atoms in total. The zero-order chi connectivity index (χ0) is 17.4. The van der Waals surface area contributed by atoms with E-state index in [4.69, 9.17) is 14.9 Å². The van der Waals surface area contributed by atoms with Crippen LogP contribution in [0.5, 0.6) is 5.75 Å². The van der Waals surface area contributed by atoms with Gasteiger partial charge in [-0.3, -0.25) is 0 Å². The molecule has 0 saturated heterocycles. The zero-order valence-electron chi connectivity index (χ0n) is 14.8. The van der Waals surface area contributed by atoms with Crippen molar-refractivity contribution in [3.05, 3.63) is 28.7 Å². The molecule has 0 bridgehead atoms. The molecule has 0 unspecified atom stereocenters. The molecule has 0 spiro atoms. The maximum atomic E-state index is 11.2. The molecule has 3 N–H and O–H groups in total. The molecular weight excluding hydrogens is 356 g/mol. The molecule has 26 heavy (non-hydrogen) atoms. The Labute approximate surface area is 158 Å². The second kappa shape index (κ2) is 7.72. The molecule has 0 radical (unpaired) electrons. The SMILES string of the molecule is C[C@@H](C1CCC(N)CC1)N1CCOc2ccc(-c3n[nH]c(=O)o3)cc21.Cl. The summed E-state index contributed by atoms with van der Waals surface area (Å²) in [4.78, 5) is 13.6. The number of halogens is 1. The first-order valence-corrected chi connectivity index (χ1v) is 8.97. The molecule has 2 heterocycles. The molecular formula is C18H25ClN4O3. The molecule has 4 rings (SSSR count). The van der Waals surface area contributed by atoms with E-state index in [1.807, 2.05) is 18.2 Å². The van der Waals surface area contributed by atoms with E-state index in [1.165, 1.54) is 12.8 Å². The monoisotopic (exact) mass is 380 g/mol. The molecule has 1 aromatic carbocycles. The Kier molecular flexibility index (Phi) is 5.58. The van der Waals surface area contributed by atoms with Crippen LogP contribution in [0.3, 0.4) is 0 Å². The van der Waals surface area contributed by atoms with E-state index in [9.17, 15) is 4.79 Å². The highest BCUT2D eigenvalue weighted by Crippen LogP contribution is 2.39. The number of ether oxygens (including phenoxy) is 1. The number of fused-ring (bicyclic) bond motifs is 1. The van der Waals surface area contributed by atoms with Crippen LogP contribution < -0.4 is 21.1 Å². The highest BCUT2D eigenvalue weighted by Gasteiger charge is 2.31. The molecule has 2 aromatic rings. The van der Waals surface area contributed by atoms with E-state index < -0.39 is 5.76 Å². The summed E-state index contributed by atoms with van der Waals surface area (Å²) in [5, 5.41) is 6.23. The van der Waals surface area contributed by atoms with Crippen molar-refractivity contribution < 1.29 is 9.15 Å². The fourth-order valence-corrected chi connectivity index (χ4v) is 4.03. The van der Waals surface area contributed by atoms with Gasteiger partial charge in [-0.25, -0.2) is 9.89 Å². The molecule has 8 heteroatoms. The number of hydrogen-bond acceptors (Lipinski definition) is 6. The summed E-state index contributed by atoms with van der Waals surface area (Å²) in [5.41, 5.74) is 7.87. The molecule has 0 amide bonds. The normalized spacial score (nSPS) is 23.5. The first-order valence-electron chi connectivity index (χ1n) is 8.97. The Morgan fingerprint density at radius 1 is 1.31 bits per heavy atom. The average Bonchev–Trinajstić information content (AvgIpc) is 3.07. The number of nitrogens with two attached hydrogens (primary N) is 1. The van der Waals surface area contributed by atoms with Crippen molar-refractivity contribution in [2.24, 2.45) is 11.7 Å². The molecule has 1 saturated carbocycles. The number of rotatable bonds is 3. The van der Waals surface area contributed by atoms with Gasteiger partial charge in [0.1, 0.15) is 12.4 Å². The van der Waals surface area contributed by atoms with Gasteiger partial charge >= 0.3 is 5.76 Å². The van der Waals surface area contributed by atoms with Crippen LogP contribution in [-0.4, -0.2) is 35.4 Å². The third kappa shape index (κ3) is 3.59. The fraction of sp³-hybridized carbons (Fsp3) is 0.556. The predicted molar refractivity (Wildman–Crippen MR) is 102 cm³/mol. The third-order valence-electron chi connectivity index (χ3n) is 5.53. The zero-order valence-corrected chi connectivity index (χ0v) is 15.6. The minimum absolute atomic E-state index is 0. The topological polar surface area (TPSA) is 97.4 Å². The lowest BCUT2D eigenvalue weighted by Gasteiger charge is -2.41. The van der Waals surface area contributed by atoms with E-state index >= 15 is 0 Å². The minimum Gasteiger partial charge on any atom is -0.490 e. The van der Waals surface area contributed by atoms with Gasteiger partial charge in [0.15, 0.2) is 0 Å². The summed E-state index contributed by atoms with van der Waals surface area (Å²) in [6, 6.07) is 6.56. The van der Waals surface area contributed by atoms with Gasteiger partial charge in [0.25, 0.3) is 0 Å². The van der Waals surface area contributed by atoms with Crippen molar-refractivity contribution in [1.29, 1.82) is 0 Å². The van der Waals surface area contributed by atoms with Gasteiger partial charge in [-0.1, -0.05) is 0 Å². The number of aromatic amines is 1. The Bertz CT molecular complexity index is 798. The van der Waals surface area contributed by atoms with E-state index in [0.717, 1.165) is 36.4 Å². The third-order valence-corrected chi connectivity index (χ3v) is 5.53. The quantitative estimate of drug-likeness (QED) is 0.849. The first kappa shape index (κ1) is 18.8. The van der Waals surface area contributed by atoms with Crippen molar-refractivity contribution in [3.63, 3.8) is 0 Å². The summed E-state index contributed by atoms with van der Waals surface area (Å²) >= 11 is 0. The fourth-order valence-electron chi connectivity index (χ4n) is 4.03. The van der Waals surface area contributed by atoms with Crippen LogP contribution in [0.2, 0.25) is 0 Å². The minimum atomic E-state index is -0.548. The highest BCUT2D eigenvalue weighted by molar-refractivity contribution is 5.85. The second-order valence-electron chi connectivity index (χ2n) is 7.06. The second-order valence-corrected chi connectivity index (χ2v) is 7.06. The van der Waals surface area contributed by atoms with Crippen LogP contribution in [0.15, 0.2) is 27.4 Å². The van der Waals surface area contributed by atoms with Gasteiger partial charge in [0, 0.05) is 17.6 Å². The van der Waals surface area contributed by atoms with Crippen LogP contribution in [-0.2, 0) is 0 Å². The van der Waals surface area contributed by atoms with Crippen LogP contribution in [0.1, 0.15) is 32.6 Å². The van der Waals surface area contributed by atoms with Crippen LogP contribution >= 0.6 is 12.4 Å². The van der Waals surface area contributed by atoms with Gasteiger partial charge in [-0.2, -0.15) is 0 Å². The Morgan fingerprint density at radius 2 is 2.08 bits per heavy atom. The Morgan fingerprint density at radius 3 is 2.77 bits per heavy atom. The molecule has 1 aliphatic heterocycles. The Hall–Kier alpha value is -1.99. The predicted octanol–water partition coefficient (Wildman–Crippen LogP) is 2.56. The van der Waals surface area contributed by atoms with Crippen molar-refractivity contribution in [2.75, 3.05) is 18.1 Å². The van der Waals surface area contributed by atoms with Gasteiger partial charge in [0.2, 0.25) is 5.89 Å². The molecule has 1 fully saturated rings. The van der Waals surface area contributed by atoms with E-state index in [0.29, 0.717) is 30.5 Å². The van der Waals surface area contributed by atoms with Crippen LogP contribution in [0, 0.1) is 5.92 Å². The van der Waals surface area contributed by atoms with Gasteiger partial charge in [0.05, 0.1) is 12.2 Å². The number of nitrogens with zero attached hydrogens (tertiary/aromatic N) is 2. The standard InChI is InChI=1S/C18H24N4O3.ClH/c1-11(12-2-5-14(19)6-3-12)22-8-9-24-16-7-4-13(10-15(16)22)17-20-21-18(23)25-17;/h4,7,10-12,14H,2-3,5-6,8-9,19H2,1H3,(H,21,23);1H/t11-,12?,14?;/m0./s1. The lowest BCUT2D eigenvalue weighted by Crippen LogP contribution is -2.45. The van der Waals surface area contributed by atoms with Gasteiger partial charge in [-0.15, -0.1) is 17.5 Å². The van der Waals surface area contributed by atoms with Crippen LogP contribution in [0.4, 0.5) is 5.69 Å². The number of benzene rings is 1. The van der Waals surface area contributed by atoms with E-state index in [-0.39, 0.29) is 12.4 Å². The van der Waals surface area contributed by atoms with Crippen molar-refractivity contribution in [1.82, 2.24) is 10.2 Å². The van der Waals surface area contributed by atoms with Crippen molar-refractivity contribution in [3.8, 4) is 17.2 Å². The van der Waals surface area contributed by atoms with Crippen LogP contribution in [0.25, 0.3) is 11.5 Å². The number of hydrogen-bond donors (Lipinski definition) is 2. The average molecular weight is 381 g/mol. The maximum Gasteiger partial charge on any atom is 0.434 e. The van der Waals surface area contributed by atoms with Gasteiger partial charge in [-0.05, 0) is 56.7 Å². The number of nitrogens with one attached hydrogen (secondary N) is 1. The molecule has 142 valence electrons.